The molecule has 3 heteroatoms. The number of hydrogen-bond donors (Lipinski definition) is 0. The van der Waals surface area contributed by atoms with Crippen LogP contribution >= 0.6 is 0 Å². The van der Waals surface area contributed by atoms with Crippen LogP contribution in [0.3, 0.4) is 0 Å². The van der Waals surface area contributed by atoms with Crippen LogP contribution in [0.1, 0.15) is 6.92 Å². The van der Waals surface area contributed by atoms with Crippen molar-refractivity contribution in [2.75, 3.05) is 6.54 Å². The monoisotopic (exact) mass is 151 g/mol. The maximum Gasteiger partial charge on any atom is 0.307 e. The molecule has 0 aromatic carbocycles. The lowest BCUT2D eigenvalue weighted by molar-refractivity contribution is -0.136. The lowest BCUT2D eigenvalue weighted by Gasteiger charge is -2.00. The molecule has 1 aliphatic rings. The highest BCUT2D eigenvalue weighted by molar-refractivity contribution is 5.73. The van der Waals surface area contributed by atoms with Crippen molar-refractivity contribution >= 4 is 12.2 Å². The number of ether oxygens (including phenoxy) is 1. The Bertz CT molecular complexity index is 238. The van der Waals surface area contributed by atoms with E-state index in [0.717, 1.165) is 0 Å². The van der Waals surface area contributed by atoms with Crippen molar-refractivity contribution in [3.05, 3.63) is 24.0 Å². The molecule has 1 rings (SSSR count). The quantitative estimate of drug-likeness (QED) is 0.526. The SMILES string of the molecule is CC(=O)OC1=CC=CC=NC1. The zero-order chi connectivity index (χ0) is 8.10. The Morgan fingerprint density at radius 3 is 3.18 bits per heavy atom. The molecule has 58 valence electrons. The molecule has 0 aliphatic carbocycles. The van der Waals surface area contributed by atoms with E-state index < -0.39 is 0 Å². The zero-order valence-electron chi connectivity index (χ0n) is 6.28. The van der Waals surface area contributed by atoms with Gasteiger partial charge in [0.05, 0.1) is 6.54 Å². The van der Waals surface area contributed by atoms with Crippen molar-refractivity contribution in [3.63, 3.8) is 0 Å². The molecule has 0 unspecified atom stereocenters. The molecule has 3 nitrogen and oxygen atoms in total. The van der Waals surface area contributed by atoms with Gasteiger partial charge in [0.2, 0.25) is 0 Å². The van der Waals surface area contributed by atoms with Gasteiger partial charge in [0.25, 0.3) is 0 Å². The molecule has 11 heavy (non-hydrogen) atoms. The molecule has 0 N–H and O–H groups in total. The molecule has 0 amide bonds. The summed E-state index contributed by atoms with van der Waals surface area (Å²) in [5, 5.41) is 0. The Morgan fingerprint density at radius 2 is 2.45 bits per heavy atom. The second kappa shape index (κ2) is 3.71. The summed E-state index contributed by atoms with van der Waals surface area (Å²) in [5.74, 6) is 0.282. The Kier molecular flexibility index (Phi) is 2.60. The second-order valence-corrected chi connectivity index (χ2v) is 2.10. The van der Waals surface area contributed by atoms with Gasteiger partial charge in [-0.25, -0.2) is 0 Å². The average Bonchev–Trinajstić information content (AvgIpc) is 2.14. The van der Waals surface area contributed by atoms with Gasteiger partial charge in [0, 0.05) is 13.1 Å². The van der Waals surface area contributed by atoms with Crippen molar-refractivity contribution in [2.45, 2.75) is 6.92 Å². The molecule has 0 fully saturated rings. The van der Waals surface area contributed by atoms with Crippen LogP contribution in [0.15, 0.2) is 29.0 Å². The molecule has 0 saturated carbocycles. The van der Waals surface area contributed by atoms with E-state index in [1.807, 2.05) is 0 Å². The van der Waals surface area contributed by atoms with E-state index in [-0.39, 0.29) is 5.97 Å². The van der Waals surface area contributed by atoms with Crippen LogP contribution < -0.4 is 0 Å². The first kappa shape index (κ1) is 7.72. The maximum absolute atomic E-state index is 10.5. The summed E-state index contributed by atoms with van der Waals surface area (Å²) in [6, 6.07) is 0. The van der Waals surface area contributed by atoms with Crippen LogP contribution in [0.25, 0.3) is 0 Å². The minimum Gasteiger partial charge on any atom is -0.429 e. The molecule has 1 aliphatic heterocycles. The van der Waals surface area contributed by atoms with Gasteiger partial charge in [-0.2, -0.15) is 0 Å². The van der Waals surface area contributed by atoms with Gasteiger partial charge in [0.15, 0.2) is 0 Å². The van der Waals surface area contributed by atoms with Crippen LogP contribution in [-0.2, 0) is 9.53 Å². The zero-order valence-corrected chi connectivity index (χ0v) is 6.28. The molecule has 0 bridgehead atoms. The number of esters is 1. The maximum atomic E-state index is 10.5. The van der Waals surface area contributed by atoms with E-state index in [9.17, 15) is 4.79 Å². The summed E-state index contributed by atoms with van der Waals surface area (Å²) >= 11 is 0. The first-order chi connectivity index (χ1) is 5.29. The van der Waals surface area contributed by atoms with Crippen LogP contribution in [0.5, 0.6) is 0 Å². The molecule has 0 radical (unpaired) electrons. The summed E-state index contributed by atoms with van der Waals surface area (Å²) in [5.41, 5.74) is 0. The van der Waals surface area contributed by atoms with E-state index in [1.54, 1.807) is 24.4 Å². The summed E-state index contributed by atoms with van der Waals surface area (Å²) < 4.78 is 4.83. The fourth-order valence-corrected chi connectivity index (χ4v) is 0.720. The number of aliphatic imine (C=N–C) groups is 1. The number of allylic oxidation sites excluding steroid dienone is 3. The van der Waals surface area contributed by atoms with E-state index in [2.05, 4.69) is 4.99 Å². The van der Waals surface area contributed by atoms with E-state index in [0.29, 0.717) is 12.3 Å². The highest BCUT2D eigenvalue weighted by Gasteiger charge is 1.99. The second-order valence-electron chi connectivity index (χ2n) is 2.10. The van der Waals surface area contributed by atoms with Crippen molar-refractivity contribution in [1.82, 2.24) is 0 Å². The number of rotatable bonds is 1. The first-order valence-corrected chi connectivity index (χ1v) is 3.33. The molecule has 0 aromatic rings. The van der Waals surface area contributed by atoms with Crippen molar-refractivity contribution in [2.24, 2.45) is 4.99 Å². The Morgan fingerprint density at radius 1 is 1.64 bits per heavy atom. The van der Waals surface area contributed by atoms with Crippen LogP contribution in [0.2, 0.25) is 0 Å². The molecule has 0 aromatic heterocycles. The Hall–Kier alpha value is -1.38. The van der Waals surface area contributed by atoms with E-state index in [4.69, 9.17) is 4.74 Å². The van der Waals surface area contributed by atoms with Crippen LogP contribution in [0, 0.1) is 0 Å². The topological polar surface area (TPSA) is 38.7 Å². The van der Waals surface area contributed by atoms with Gasteiger partial charge in [-0.3, -0.25) is 9.79 Å². The predicted molar refractivity (Wildman–Crippen MR) is 42.3 cm³/mol. The van der Waals surface area contributed by atoms with Gasteiger partial charge in [0.1, 0.15) is 5.76 Å². The highest BCUT2D eigenvalue weighted by Crippen LogP contribution is 2.01. The lowest BCUT2D eigenvalue weighted by Crippen LogP contribution is -2.00. The van der Waals surface area contributed by atoms with Crippen molar-refractivity contribution in [3.8, 4) is 0 Å². The fourth-order valence-electron chi connectivity index (χ4n) is 0.720. The van der Waals surface area contributed by atoms with Gasteiger partial charge in [-0.1, -0.05) is 6.08 Å². The fraction of sp³-hybridized carbons (Fsp3) is 0.250. The molecular formula is C8H9NO2. The molecule has 0 atom stereocenters. The number of hydrogen-bond acceptors (Lipinski definition) is 3. The summed E-state index contributed by atoms with van der Waals surface area (Å²) in [4.78, 5) is 14.4. The van der Waals surface area contributed by atoms with Crippen LogP contribution in [-0.4, -0.2) is 18.7 Å². The lowest BCUT2D eigenvalue weighted by atomic mass is 10.4. The Labute approximate surface area is 65.1 Å². The Balaban J connectivity index is 2.57. The number of carbonyl (C=O) groups is 1. The molecule has 0 spiro atoms. The predicted octanol–water partition coefficient (Wildman–Crippen LogP) is 1.07. The average molecular weight is 151 g/mol. The van der Waals surface area contributed by atoms with Gasteiger partial charge in [-0.15, -0.1) is 0 Å². The smallest absolute Gasteiger partial charge is 0.307 e. The van der Waals surface area contributed by atoms with Crippen molar-refractivity contribution < 1.29 is 9.53 Å². The summed E-state index contributed by atoms with van der Waals surface area (Å²) in [6.45, 7) is 1.81. The molecule has 0 saturated heterocycles. The number of carbonyl (C=O) groups excluding carboxylic acids is 1. The van der Waals surface area contributed by atoms with Gasteiger partial charge in [-0.05, 0) is 12.2 Å². The first-order valence-electron chi connectivity index (χ1n) is 3.33. The minimum absolute atomic E-state index is 0.304. The largest absolute Gasteiger partial charge is 0.429 e. The van der Waals surface area contributed by atoms with Gasteiger partial charge >= 0.3 is 5.97 Å². The van der Waals surface area contributed by atoms with E-state index in [1.165, 1.54) is 6.92 Å². The highest BCUT2D eigenvalue weighted by atomic mass is 16.5. The molecular weight excluding hydrogens is 142 g/mol. The number of nitrogens with zero attached hydrogens (tertiary/aromatic N) is 1. The van der Waals surface area contributed by atoms with Gasteiger partial charge < -0.3 is 4.74 Å². The third kappa shape index (κ3) is 2.80. The van der Waals surface area contributed by atoms with E-state index >= 15 is 0 Å². The van der Waals surface area contributed by atoms with Crippen molar-refractivity contribution in [1.29, 1.82) is 0 Å². The van der Waals surface area contributed by atoms with Crippen LogP contribution in [0.4, 0.5) is 0 Å². The normalized spacial score (nSPS) is 15.5. The third-order valence-corrected chi connectivity index (χ3v) is 1.11. The third-order valence-electron chi connectivity index (χ3n) is 1.11. The minimum atomic E-state index is -0.304. The summed E-state index contributed by atoms with van der Waals surface area (Å²) in [6.07, 6.45) is 6.98. The molecule has 1 heterocycles. The summed E-state index contributed by atoms with van der Waals surface area (Å²) in [7, 11) is 0. The standard InChI is InChI=1S/C8H9NO2/c1-7(10)11-8-4-2-3-5-9-6-8/h2-5H,6H2,1H3.